The summed E-state index contributed by atoms with van der Waals surface area (Å²) in [6, 6.07) is -0.766. The fourth-order valence-electron chi connectivity index (χ4n) is 5.16. The van der Waals surface area contributed by atoms with Crippen LogP contribution in [-0.2, 0) is 23.4 Å². The number of nitrogens with two attached hydrogens (primary N) is 1. The molecule has 3 rings (SSSR count). The van der Waals surface area contributed by atoms with Crippen LogP contribution in [0.15, 0.2) is 6.33 Å². The number of fused-ring (bicyclic) bond motifs is 1. The van der Waals surface area contributed by atoms with E-state index in [1.807, 2.05) is 6.92 Å². The Kier molecular flexibility index (Phi) is 14.5. The average molecular weight is 612 g/mol. The van der Waals surface area contributed by atoms with Crippen LogP contribution in [0.4, 0.5) is 10.2 Å². The van der Waals surface area contributed by atoms with Crippen LogP contribution in [0.3, 0.4) is 0 Å². The van der Waals surface area contributed by atoms with Gasteiger partial charge in [-0.25, -0.2) is 4.98 Å². The number of aromatic nitrogens is 4. The highest BCUT2D eigenvalue weighted by Crippen LogP contribution is 2.39. The second kappa shape index (κ2) is 17.8. The van der Waals surface area contributed by atoms with Gasteiger partial charge in [-0.2, -0.15) is 14.4 Å². The van der Waals surface area contributed by atoms with Crippen LogP contribution in [0.25, 0.3) is 11.2 Å². The van der Waals surface area contributed by atoms with Gasteiger partial charge in [0.05, 0.1) is 18.5 Å². The molecule has 236 valence electrons. The fraction of sp³-hybridized carbons (Fsp3) is 0.793. The number of imidazole rings is 1. The highest BCUT2D eigenvalue weighted by molar-refractivity contribution is 7.36. The zero-order valence-electron chi connectivity index (χ0n) is 25.5. The van der Waals surface area contributed by atoms with Gasteiger partial charge in [-0.15, -0.1) is 4.52 Å². The van der Waals surface area contributed by atoms with Crippen molar-refractivity contribution >= 4 is 31.1 Å². The molecule has 0 spiro atoms. The number of nitrogens with one attached hydrogen (secondary N) is 1. The van der Waals surface area contributed by atoms with Gasteiger partial charge in [-0.1, -0.05) is 89.1 Å². The summed E-state index contributed by atoms with van der Waals surface area (Å²) in [7, 11) is -2.32. The van der Waals surface area contributed by atoms with Crippen molar-refractivity contribution in [2.24, 2.45) is 0 Å². The molecule has 11 nitrogen and oxygen atoms in total. The van der Waals surface area contributed by atoms with E-state index in [9.17, 15) is 13.8 Å². The molecule has 2 aromatic heterocycles. The maximum absolute atomic E-state index is 13.7. The number of hydrogen-bond donors (Lipinski definition) is 2. The van der Waals surface area contributed by atoms with E-state index < -0.39 is 38.1 Å². The molecule has 3 heterocycles. The van der Waals surface area contributed by atoms with Crippen LogP contribution in [-0.4, -0.2) is 50.3 Å². The topological polar surface area (TPSA) is 143 Å². The summed E-state index contributed by atoms with van der Waals surface area (Å²) in [6.07, 6.45) is 17.6. The summed E-state index contributed by atoms with van der Waals surface area (Å²) in [5.74, 6) is -0.495. The number of hydrogen-bond acceptors (Lipinski definition) is 9. The van der Waals surface area contributed by atoms with Crippen molar-refractivity contribution in [2.75, 3.05) is 18.9 Å². The van der Waals surface area contributed by atoms with Crippen molar-refractivity contribution in [3.8, 4) is 0 Å². The number of nitrogen functional groups attached to an aromatic ring is 1. The molecule has 1 saturated heterocycles. The van der Waals surface area contributed by atoms with E-state index in [0.717, 1.165) is 19.3 Å². The number of ether oxygens (including phenoxy) is 2. The third-order valence-electron chi connectivity index (χ3n) is 7.70. The number of unbranched alkanes of at least 4 members (excludes halogenated alkanes) is 12. The lowest BCUT2D eigenvalue weighted by molar-refractivity contribution is -0.145. The first-order chi connectivity index (χ1) is 20.2. The zero-order valence-corrected chi connectivity index (χ0v) is 26.4. The van der Waals surface area contributed by atoms with Crippen LogP contribution in [0, 0.1) is 6.08 Å². The SMILES string of the molecule is CCCCCCCCCCCCCCCOC(=O)[C@H](C)N[P+](=O)OC[C@]1(C)CC[C@H](n2cnc3c(N)nc(F)nc32)O1. The second-order valence-electron chi connectivity index (χ2n) is 11.6. The van der Waals surface area contributed by atoms with Gasteiger partial charge < -0.3 is 15.2 Å². The molecule has 3 N–H and O–H groups in total. The number of esters is 1. The van der Waals surface area contributed by atoms with Gasteiger partial charge in [-0.05, 0) is 37.7 Å². The minimum atomic E-state index is -2.32. The first-order valence-electron chi connectivity index (χ1n) is 15.6. The van der Waals surface area contributed by atoms with E-state index in [-0.39, 0.29) is 18.1 Å². The van der Waals surface area contributed by atoms with Crippen LogP contribution in [0.1, 0.15) is 123 Å². The molecule has 1 aliphatic rings. The van der Waals surface area contributed by atoms with E-state index in [2.05, 4.69) is 27.0 Å². The number of nitrogens with zero attached hydrogens (tertiary/aromatic N) is 4. The molecular weight excluding hydrogens is 562 g/mol. The summed E-state index contributed by atoms with van der Waals surface area (Å²) in [5.41, 5.74) is 5.54. The molecule has 1 unspecified atom stereocenters. The standard InChI is InChI=1S/C29H49FN6O5P/c1-4-5-6-7-8-9-10-11-12-13-14-15-16-19-39-27(37)22(2)35-42(38)40-20-29(3)18-17-23(41-29)36-21-32-24-25(31)33-28(30)34-26(24)36/h21-23H,4-20H2,1-3H3,(H,35,38)(H2,31,33,34)/q+1/t22-,23+,29-/m0/s1. The summed E-state index contributed by atoms with van der Waals surface area (Å²) < 4.78 is 44.8. The molecule has 0 saturated carbocycles. The van der Waals surface area contributed by atoms with Gasteiger partial charge in [0.15, 0.2) is 17.0 Å². The molecular formula is C29H49FN6O5P+. The van der Waals surface area contributed by atoms with Crippen LogP contribution >= 0.6 is 8.18 Å². The molecule has 0 bridgehead atoms. The lowest BCUT2D eigenvalue weighted by atomic mass is 10.0. The van der Waals surface area contributed by atoms with Crippen LogP contribution in [0.2, 0.25) is 0 Å². The minimum absolute atomic E-state index is 0.0323. The summed E-state index contributed by atoms with van der Waals surface area (Å²) in [6.45, 7) is 6.08. The van der Waals surface area contributed by atoms with Gasteiger partial charge in [-0.3, -0.25) is 9.36 Å². The Morgan fingerprint density at radius 2 is 1.76 bits per heavy atom. The smallest absolute Gasteiger partial charge is 0.464 e. The van der Waals surface area contributed by atoms with E-state index in [1.54, 1.807) is 11.5 Å². The highest BCUT2D eigenvalue weighted by Gasteiger charge is 2.41. The van der Waals surface area contributed by atoms with Crippen molar-refractivity contribution < 1.29 is 27.7 Å². The molecule has 0 radical (unpaired) electrons. The molecule has 1 fully saturated rings. The lowest BCUT2D eigenvalue weighted by Gasteiger charge is -2.22. The Morgan fingerprint density at radius 1 is 1.14 bits per heavy atom. The molecule has 0 aromatic carbocycles. The Bertz CT molecular complexity index is 1140. The van der Waals surface area contributed by atoms with Crippen molar-refractivity contribution in [3.63, 3.8) is 0 Å². The van der Waals surface area contributed by atoms with Gasteiger partial charge >= 0.3 is 20.2 Å². The number of halogens is 1. The quantitative estimate of drug-likeness (QED) is 0.0662. The molecule has 2 aromatic rings. The van der Waals surface area contributed by atoms with Gasteiger partial charge in [0.25, 0.3) is 0 Å². The minimum Gasteiger partial charge on any atom is -0.464 e. The van der Waals surface area contributed by atoms with E-state index in [4.69, 9.17) is 19.7 Å². The largest absolute Gasteiger partial charge is 0.613 e. The van der Waals surface area contributed by atoms with Gasteiger partial charge in [0.1, 0.15) is 18.9 Å². The monoisotopic (exact) mass is 611 g/mol. The first-order valence-corrected chi connectivity index (χ1v) is 16.8. The molecule has 42 heavy (non-hydrogen) atoms. The second-order valence-corrected chi connectivity index (χ2v) is 12.6. The Labute approximate surface area is 249 Å². The molecule has 1 aliphatic heterocycles. The lowest BCUT2D eigenvalue weighted by Crippen LogP contribution is -2.33. The normalized spacial score (nSPS) is 19.8. The molecule has 0 aliphatic carbocycles. The van der Waals surface area contributed by atoms with E-state index in [0.29, 0.717) is 25.0 Å². The zero-order chi connectivity index (χ0) is 30.4. The number of rotatable bonds is 21. The maximum atomic E-state index is 13.7. The van der Waals surface area contributed by atoms with Gasteiger partial charge in [0, 0.05) is 0 Å². The molecule has 13 heteroatoms. The maximum Gasteiger partial charge on any atom is 0.613 e. The molecule has 4 atom stereocenters. The van der Waals surface area contributed by atoms with E-state index >= 15 is 0 Å². The van der Waals surface area contributed by atoms with Crippen molar-refractivity contribution in [1.29, 1.82) is 0 Å². The predicted octanol–water partition coefficient (Wildman–Crippen LogP) is 6.90. The number of carbonyl (C=O) groups excluding carboxylic acids is 1. The average Bonchev–Trinajstić information content (AvgIpc) is 3.56. The summed E-state index contributed by atoms with van der Waals surface area (Å²) >= 11 is 0. The predicted molar refractivity (Wildman–Crippen MR) is 160 cm³/mol. The number of carbonyl (C=O) groups is 1. The van der Waals surface area contributed by atoms with Crippen molar-refractivity contribution in [1.82, 2.24) is 24.6 Å². The third-order valence-corrected chi connectivity index (χ3v) is 8.67. The first kappa shape index (κ1) is 34.2. The Morgan fingerprint density at radius 3 is 2.40 bits per heavy atom. The highest BCUT2D eigenvalue weighted by atomic mass is 31.1. The Hall–Kier alpha value is -2.27. The Balaban J connectivity index is 1.24. The summed E-state index contributed by atoms with van der Waals surface area (Å²) in [5, 5.41) is 2.67. The number of anilines is 1. The summed E-state index contributed by atoms with van der Waals surface area (Å²) in [4.78, 5) is 23.8. The van der Waals surface area contributed by atoms with Crippen LogP contribution < -0.4 is 10.8 Å². The fourth-order valence-corrected chi connectivity index (χ4v) is 6.05. The van der Waals surface area contributed by atoms with E-state index in [1.165, 1.54) is 70.5 Å². The van der Waals surface area contributed by atoms with Crippen molar-refractivity contribution in [2.45, 2.75) is 135 Å². The molecule has 0 amide bonds. The van der Waals surface area contributed by atoms with Crippen molar-refractivity contribution in [3.05, 3.63) is 12.4 Å². The third kappa shape index (κ3) is 11.1. The van der Waals surface area contributed by atoms with Gasteiger partial charge in [0.2, 0.25) is 0 Å². The van der Waals surface area contributed by atoms with Crippen LogP contribution in [0.5, 0.6) is 0 Å².